The first kappa shape index (κ1) is 21.3. The van der Waals surface area contributed by atoms with Crippen LogP contribution in [-0.4, -0.2) is 37.6 Å². The van der Waals surface area contributed by atoms with Crippen LogP contribution < -0.4 is 11.1 Å². The van der Waals surface area contributed by atoms with Crippen LogP contribution >= 0.6 is 34.7 Å². The first-order valence-corrected chi connectivity index (χ1v) is 11.7. The van der Waals surface area contributed by atoms with Gasteiger partial charge in [-0.05, 0) is 48.8 Å². The second-order valence-corrected chi connectivity index (χ2v) is 10.9. The zero-order chi connectivity index (χ0) is 21.3. The van der Waals surface area contributed by atoms with Crippen LogP contribution in [0.15, 0.2) is 34.0 Å². The van der Waals surface area contributed by atoms with Gasteiger partial charge in [0, 0.05) is 6.54 Å². The quantitative estimate of drug-likeness (QED) is 0.380. The number of nitrogens with two attached hydrogens (primary N) is 1. The van der Waals surface area contributed by atoms with E-state index in [2.05, 4.69) is 40.6 Å². The van der Waals surface area contributed by atoms with E-state index in [0.717, 1.165) is 51.4 Å². The molecule has 0 aliphatic carbocycles. The largest absolute Gasteiger partial charge is 0.382 e. The maximum absolute atomic E-state index is 6.32. The highest BCUT2D eigenvalue weighted by Crippen LogP contribution is 2.38. The summed E-state index contributed by atoms with van der Waals surface area (Å²) in [5.74, 6) is 0.388. The van der Waals surface area contributed by atoms with Crippen LogP contribution in [0.25, 0.3) is 21.4 Å². The van der Waals surface area contributed by atoms with E-state index in [1.54, 1.807) is 11.3 Å². The second-order valence-electron chi connectivity index (χ2n) is 8.24. The Balaban J connectivity index is 1.59. The van der Waals surface area contributed by atoms with Gasteiger partial charge >= 0.3 is 0 Å². The van der Waals surface area contributed by atoms with E-state index in [1.165, 1.54) is 18.1 Å². The predicted octanol–water partition coefficient (Wildman–Crippen LogP) is 4.85. The lowest BCUT2D eigenvalue weighted by molar-refractivity contribution is 0.376. The monoisotopic (exact) mass is 461 g/mol. The molecule has 4 aromatic rings. The molecular weight excluding hydrogens is 438 g/mol. The molecule has 0 saturated heterocycles. The van der Waals surface area contributed by atoms with Gasteiger partial charge in [0.05, 0.1) is 15.2 Å². The van der Waals surface area contributed by atoms with Crippen LogP contribution in [0.4, 0.5) is 5.82 Å². The minimum absolute atomic E-state index is 0.262. The molecule has 158 valence electrons. The molecule has 1 aromatic carbocycles. The first-order chi connectivity index (χ1) is 14.3. The molecule has 3 aromatic heterocycles. The number of aryl methyl sites for hydroxylation is 1. The third kappa shape index (κ3) is 4.69. The number of thiazole rings is 1. The van der Waals surface area contributed by atoms with Crippen LogP contribution in [0.1, 0.15) is 27.2 Å². The number of benzene rings is 1. The summed E-state index contributed by atoms with van der Waals surface area (Å²) in [4.78, 5) is 18.0. The normalized spacial score (nSPS) is 12.3. The topological polar surface area (TPSA) is 94.5 Å². The molecular formula is C20H24ClN7S2. The average molecular weight is 462 g/mol. The number of nitrogens with one attached hydrogen (secondary N) is 1. The number of rotatable bonds is 7. The molecule has 0 radical (unpaired) electrons. The number of anilines is 1. The van der Waals surface area contributed by atoms with Gasteiger partial charge in [0.1, 0.15) is 6.33 Å². The highest BCUT2D eigenvalue weighted by Gasteiger charge is 2.18. The third-order valence-electron chi connectivity index (χ3n) is 4.44. The second kappa shape index (κ2) is 8.66. The molecule has 0 saturated carbocycles. The zero-order valence-corrected chi connectivity index (χ0v) is 19.5. The fraction of sp³-hybridized carbons (Fsp3) is 0.400. The van der Waals surface area contributed by atoms with E-state index in [-0.39, 0.29) is 5.41 Å². The number of aromatic nitrogens is 5. The number of hydrogen-bond acceptors (Lipinski definition) is 8. The van der Waals surface area contributed by atoms with Gasteiger partial charge in [0.2, 0.25) is 0 Å². The van der Waals surface area contributed by atoms with Gasteiger partial charge in [-0.25, -0.2) is 19.9 Å². The van der Waals surface area contributed by atoms with E-state index in [9.17, 15) is 0 Å². The molecule has 0 unspecified atom stereocenters. The Hall–Kier alpha value is -1.94. The molecule has 4 rings (SSSR count). The van der Waals surface area contributed by atoms with Crippen molar-refractivity contribution in [3.63, 3.8) is 0 Å². The summed E-state index contributed by atoms with van der Waals surface area (Å²) < 4.78 is 3.96. The minimum Gasteiger partial charge on any atom is -0.382 e. The number of hydrogen-bond donors (Lipinski definition) is 2. The van der Waals surface area contributed by atoms with Crippen LogP contribution in [0.2, 0.25) is 5.02 Å². The first-order valence-electron chi connectivity index (χ1n) is 9.72. The van der Waals surface area contributed by atoms with E-state index < -0.39 is 0 Å². The smallest absolute Gasteiger partial charge is 0.177 e. The molecule has 0 spiro atoms. The lowest BCUT2D eigenvalue weighted by Crippen LogP contribution is -2.28. The van der Waals surface area contributed by atoms with Crippen molar-refractivity contribution >= 4 is 61.9 Å². The molecule has 30 heavy (non-hydrogen) atoms. The minimum atomic E-state index is 0.262. The van der Waals surface area contributed by atoms with Crippen molar-refractivity contribution in [2.24, 2.45) is 5.41 Å². The number of nitrogens with zero attached hydrogens (tertiary/aromatic N) is 5. The lowest BCUT2D eigenvalue weighted by atomic mass is 9.97. The van der Waals surface area contributed by atoms with Crippen LogP contribution in [-0.2, 0) is 6.54 Å². The maximum atomic E-state index is 6.32. The molecule has 0 aliphatic heterocycles. The summed E-state index contributed by atoms with van der Waals surface area (Å²) in [5, 5.41) is 5.04. The Labute approximate surface area is 188 Å². The molecule has 3 N–H and O–H groups in total. The van der Waals surface area contributed by atoms with Crippen molar-refractivity contribution in [3.8, 4) is 0 Å². The molecule has 0 atom stereocenters. The lowest BCUT2D eigenvalue weighted by Gasteiger charge is -2.18. The van der Waals surface area contributed by atoms with Crippen molar-refractivity contribution < 1.29 is 0 Å². The summed E-state index contributed by atoms with van der Waals surface area (Å²) in [6.07, 6.45) is 2.43. The molecule has 0 bridgehead atoms. The van der Waals surface area contributed by atoms with Crippen LogP contribution in [0.5, 0.6) is 0 Å². The molecule has 0 amide bonds. The van der Waals surface area contributed by atoms with Crippen LogP contribution in [0.3, 0.4) is 0 Å². The summed E-state index contributed by atoms with van der Waals surface area (Å²) in [6.45, 7) is 9.34. The standard InChI is InChI=1S/C20H24ClN7S2/c1-20(2,3)10-23-8-5-9-28-17-14(16(22)24-11-25-17)27-18(28)30-19-26-13-7-4-6-12(21)15(13)29-19/h4,6-7,11,23H,5,8-10H2,1-3H3,(H2,22,24,25). The van der Waals surface area contributed by atoms with E-state index in [4.69, 9.17) is 27.3 Å². The Bertz CT molecular complexity index is 1180. The Morgan fingerprint density at radius 2 is 2.07 bits per heavy atom. The van der Waals surface area contributed by atoms with Gasteiger partial charge in [0.25, 0.3) is 0 Å². The van der Waals surface area contributed by atoms with Crippen molar-refractivity contribution in [2.45, 2.75) is 43.2 Å². The number of halogens is 1. The Morgan fingerprint density at radius 1 is 1.23 bits per heavy atom. The third-order valence-corrected chi connectivity index (χ3v) is 7.03. The molecule has 0 fully saturated rings. The van der Waals surface area contributed by atoms with Crippen LogP contribution in [0, 0.1) is 5.41 Å². The molecule has 10 heteroatoms. The van der Waals surface area contributed by atoms with Gasteiger partial charge < -0.3 is 15.6 Å². The van der Waals surface area contributed by atoms with Gasteiger partial charge in [-0.15, -0.1) is 11.3 Å². The van der Waals surface area contributed by atoms with Gasteiger partial charge in [-0.2, -0.15) is 0 Å². The Kier molecular flexibility index (Phi) is 6.15. The average Bonchev–Trinajstić information content (AvgIpc) is 3.24. The fourth-order valence-electron chi connectivity index (χ4n) is 3.06. The van der Waals surface area contributed by atoms with Crippen molar-refractivity contribution in [3.05, 3.63) is 29.5 Å². The fourth-order valence-corrected chi connectivity index (χ4v) is 5.41. The predicted molar refractivity (Wildman–Crippen MR) is 125 cm³/mol. The number of imidazole rings is 1. The summed E-state index contributed by atoms with van der Waals surface area (Å²) in [7, 11) is 0. The SMILES string of the molecule is CC(C)(C)CNCCCn1c(Sc2nc3cccc(Cl)c3s2)nc2c(N)ncnc21. The summed E-state index contributed by atoms with van der Waals surface area (Å²) >= 11 is 9.39. The van der Waals surface area contributed by atoms with Gasteiger partial charge in [0.15, 0.2) is 26.5 Å². The van der Waals surface area contributed by atoms with Gasteiger partial charge in [-0.1, -0.05) is 38.4 Å². The Morgan fingerprint density at radius 3 is 2.83 bits per heavy atom. The molecule has 7 nitrogen and oxygen atoms in total. The highest BCUT2D eigenvalue weighted by atomic mass is 35.5. The number of fused-ring (bicyclic) bond motifs is 2. The van der Waals surface area contributed by atoms with E-state index >= 15 is 0 Å². The van der Waals surface area contributed by atoms with E-state index in [0.29, 0.717) is 16.4 Å². The van der Waals surface area contributed by atoms with Crippen molar-refractivity contribution in [1.29, 1.82) is 0 Å². The van der Waals surface area contributed by atoms with Crippen molar-refractivity contribution in [1.82, 2.24) is 29.8 Å². The molecule has 0 aliphatic rings. The molecule has 3 heterocycles. The van der Waals surface area contributed by atoms with E-state index in [1.807, 2.05) is 18.2 Å². The van der Waals surface area contributed by atoms with Gasteiger partial charge in [-0.3, -0.25) is 0 Å². The highest BCUT2D eigenvalue weighted by molar-refractivity contribution is 8.01. The van der Waals surface area contributed by atoms with Crippen molar-refractivity contribution in [2.75, 3.05) is 18.8 Å². The maximum Gasteiger partial charge on any atom is 0.177 e. The zero-order valence-electron chi connectivity index (χ0n) is 17.1. The summed E-state index contributed by atoms with van der Waals surface area (Å²) in [5.41, 5.74) is 8.59. The number of nitrogen functional groups attached to an aromatic ring is 1. The summed E-state index contributed by atoms with van der Waals surface area (Å²) in [6, 6.07) is 5.76.